The molecule has 0 aromatic carbocycles. The lowest BCUT2D eigenvalue weighted by molar-refractivity contribution is 0.122. The van der Waals surface area contributed by atoms with Crippen molar-refractivity contribution in [2.45, 2.75) is 0 Å². The number of rotatable bonds is 2. The number of nitrogens with two attached hydrogens (primary N) is 1. The number of hydrogen-bond acceptors (Lipinski definition) is 5. The Bertz CT molecular complexity index is 423. The molecule has 1 fully saturated rings. The Hall–Kier alpha value is -1.54. The molecule has 0 radical (unpaired) electrons. The molecule has 1 aliphatic rings. The molecule has 0 saturated carbocycles. The molecule has 8 heteroatoms. The average Bonchev–Trinajstić information content (AvgIpc) is 2.35. The maximum absolute atomic E-state index is 13.8. The molecule has 94 valence electrons. The van der Waals surface area contributed by atoms with Gasteiger partial charge in [0.15, 0.2) is 11.6 Å². The summed E-state index contributed by atoms with van der Waals surface area (Å²) in [4.78, 5) is 4.40. The van der Waals surface area contributed by atoms with Crippen molar-refractivity contribution in [3.63, 3.8) is 0 Å². The molecule has 0 bridgehead atoms. The van der Waals surface area contributed by atoms with E-state index in [9.17, 15) is 13.2 Å². The van der Waals surface area contributed by atoms with E-state index in [1.54, 1.807) is 0 Å². The van der Waals surface area contributed by atoms with Crippen LogP contribution in [-0.4, -0.2) is 31.3 Å². The second kappa shape index (κ2) is 4.76. The van der Waals surface area contributed by atoms with Gasteiger partial charge < -0.3 is 15.1 Å². The summed E-state index contributed by atoms with van der Waals surface area (Å²) in [6.45, 7) is 1.21. The largest absolute Gasteiger partial charge is 0.378 e. The third kappa shape index (κ3) is 2.13. The van der Waals surface area contributed by atoms with Crippen molar-refractivity contribution in [2.24, 2.45) is 5.84 Å². The van der Waals surface area contributed by atoms with E-state index in [1.165, 1.54) is 4.90 Å². The highest BCUT2D eigenvalue weighted by molar-refractivity contribution is 5.57. The zero-order chi connectivity index (χ0) is 12.4. The standard InChI is InChI=1S/C9H11F3N4O/c10-5-7(16-1-3-17-4-2-16)6(11)9(15-13)14-8(5)12/h1-4,13H2,(H,14,15). The molecule has 1 aromatic rings. The predicted molar refractivity (Wildman–Crippen MR) is 55.0 cm³/mol. The quantitative estimate of drug-likeness (QED) is 0.456. The van der Waals surface area contributed by atoms with E-state index < -0.39 is 29.1 Å². The lowest BCUT2D eigenvalue weighted by Gasteiger charge is -2.29. The molecule has 0 unspecified atom stereocenters. The summed E-state index contributed by atoms with van der Waals surface area (Å²) >= 11 is 0. The minimum absolute atomic E-state index is 0.279. The van der Waals surface area contributed by atoms with Gasteiger partial charge in [-0.2, -0.15) is 13.8 Å². The van der Waals surface area contributed by atoms with Gasteiger partial charge in [-0.1, -0.05) is 0 Å². The van der Waals surface area contributed by atoms with Gasteiger partial charge in [-0.25, -0.2) is 10.2 Å². The van der Waals surface area contributed by atoms with Crippen LogP contribution >= 0.6 is 0 Å². The maximum Gasteiger partial charge on any atom is 0.253 e. The van der Waals surface area contributed by atoms with Gasteiger partial charge >= 0.3 is 0 Å². The van der Waals surface area contributed by atoms with E-state index >= 15 is 0 Å². The Balaban J connectivity index is 2.46. The summed E-state index contributed by atoms with van der Waals surface area (Å²) in [5.74, 6) is 0.750. The topological polar surface area (TPSA) is 63.4 Å². The molecule has 2 heterocycles. The molecule has 1 saturated heterocycles. The maximum atomic E-state index is 13.8. The Morgan fingerprint density at radius 1 is 1.18 bits per heavy atom. The second-order valence-electron chi connectivity index (χ2n) is 3.47. The number of anilines is 2. The monoisotopic (exact) mass is 248 g/mol. The number of nitrogens with zero attached hydrogens (tertiary/aromatic N) is 2. The van der Waals surface area contributed by atoms with Crippen LogP contribution in [0.15, 0.2) is 0 Å². The molecule has 1 aliphatic heterocycles. The summed E-state index contributed by atoms with van der Waals surface area (Å²) in [5, 5.41) is 0. The lowest BCUT2D eigenvalue weighted by Crippen LogP contribution is -2.38. The van der Waals surface area contributed by atoms with Gasteiger partial charge in [0.25, 0.3) is 5.95 Å². The first kappa shape index (κ1) is 11.9. The van der Waals surface area contributed by atoms with Gasteiger partial charge in [0.1, 0.15) is 5.69 Å². The smallest absolute Gasteiger partial charge is 0.253 e. The van der Waals surface area contributed by atoms with Crippen molar-refractivity contribution in [2.75, 3.05) is 36.6 Å². The molecular formula is C9H11F3N4O. The fourth-order valence-corrected chi connectivity index (χ4v) is 1.66. The minimum Gasteiger partial charge on any atom is -0.378 e. The number of morpholine rings is 1. The summed E-state index contributed by atoms with van der Waals surface area (Å²) < 4.78 is 45.5. The fourth-order valence-electron chi connectivity index (χ4n) is 1.66. The number of nitrogens with one attached hydrogen (secondary N) is 1. The highest BCUT2D eigenvalue weighted by Crippen LogP contribution is 2.29. The third-order valence-corrected chi connectivity index (χ3v) is 2.48. The van der Waals surface area contributed by atoms with Gasteiger partial charge in [0.2, 0.25) is 5.82 Å². The van der Waals surface area contributed by atoms with Crippen molar-refractivity contribution in [3.8, 4) is 0 Å². The van der Waals surface area contributed by atoms with Crippen LogP contribution in [0.2, 0.25) is 0 Å². The minimum atomic E-state index is -1.39. The molecular weight excluding hydrogens is 237 g/mol. The number of pyridine rings is 1. The number of nitrogen functional groups attached to an aromatic ring is 1. The molecule has 0 amide bonds. The normalized spacial score (nSPS) is 16.1. The molecule has 0 spiro atoms. The van der Waals surface area contributed by atoms with Gasteiger partial charge in [-0.15, -0.1) is 0 Å². The second-order valence-corrected chi connectivity index (χ2v) is 3.47. The Labute approximate surface area is 95.3 Å². The third-order valence-electron chi connectivity index (χ3n) is 2.48. The Morgan fingerprint density at radius 3 is 2.41 bits per heavy atom. The number of aromatic nitrogens is 1. The molecule has 17 heavy (non-hydrogen) atoms. The Morgan fingerprint density at radius 2 is 1.82 bits per heavy atom. The summed E-state index contributed by atoms with van der Waals surface area (Å²) in [5.41, 5.74) is 1.43. The van der Waals surface area contributed by atoms with Gasteiger partial charge in [0.05, 0.1) is 13.2 Å². The van der Waals surface area contributed by atoms with E-state index in [0.717, 1.165) is 0 Å². The Kier molecular flexibility index (Phi) is 3.34. The van der Waals surface area contributed by atoms with Crippen molar-refractivity contribution < 1.29 is 17.9 Å². The summed E-state index contributed by atoms with van der Waals surface area (Å²) in [6, 6.07) is 0. The van der Waals surface area contributed by atoms with Crippen LogP contribution in [0.5, 0.6) is 0 Å². The van der Waals surface area contributed by atoms with Crippen molar-refractivity contribution in [3.05, 3.63) is 17.6 Å². The number of hydrogen-bond donors (Lipinski definition) is 2. The molecule has 3 N–H and O–H groups in total. The first-order valence-corrected chi connectivity index (χ1v) is 4.99. The van der Waals surface area contributed by atoms with Crippen LogP contribution in [0.4, 0.5) is 24.7 Å². The summed E-state index contributed by atoms with van der Waals surface area (Å²) in [7, 11) is 0. The molecule has 0 aliphatic carbocycles. The van der Waals surface area contributed by atoms with Crippen molar-refractivity contribution >= 4 is 11.5 Å². The number of hydrazine groups is 1. The van der Waals surface area contributed by atoms with Crippen molar-refractivity contribution in [1.82, 2.24) is 4.98 Å². The van der Waals surface area contributed by atoms with Gasteiger partial charge in [0, 0.05) is 13.1 Å². The van der Waals surface area contributed by atoms with E-state index in [4.69, 9.17) is 10.6 Å². The zero-order valence-electron chi connectivity index (χ0n) is 8.84. The van der Waals surface area contributed by atoms with Crippen LogP contribution in [0.3, 0.4) is 0 Å². The highest BCUT2D eigenvalue weighted by Gasteiger charge is 2.25. The average molecular weight is 248 g/mol. The molecule has 0 atom stereocenters. The SMILES string of the molecule is NNc1nc(F)c(F)c(N2CCOCC2)c1F. The first-order chi connectivity index (χ1) is 8.15. The number of halogens is 3. The highest BCUT2D eigenvalue weighted by atomic mass is 19.2. The predicted octanol–water partition coefficient (Wildman–Crippen LogP) is 0.621. The molecule has 5 nitrogen and oxygen atoms in total. The van der Waals surface area contributed by atoms with E-state index in [2.05, 4.69) is 4.98 Å². The van der Waals surface area contributed by atoms with E-state index in [-0.39, 0.29) is 13.1 Å². The van der Waals surface area contributed by atoms with Crippen LogP contribution < -0.4 is 16.2 Å². The van der Waals surface area contributed by atoms with Gasteiger partial charge in [-0.05, 0) is 0 Å². The van der Waals surface area contributed by atoms with Crippen LogP contribution in [0.1, 0.15) is 0 Å². The van der Waals surface area contributed by atoms with Crippen molar-refractivity contribution in [1.29, 1.82) is 0 Å². The molecule has 1 aromatic heterocycles. The van der Waals surface area contributed by atoms with Crippen LogP contribution in [0, 0.1) is 17.6 Å². The van der Waals surface area contributed by atoms with Crippen LogP contribution in [0.25, 0.3) is 0 Å². The zero-order valence-corrected chi connectivity index (χ0v) is 8.84. The fraction of sp³-hybridized carbons (Fsp3) is 0.444. The van der Waals surface area contributed by atoms with E-state index in [0.29, 0.717) is 13.2 Å². The number of ether oxygens (including phenoxy) is 1. The van der Waals surface area contributed by atoms with Gasteiger partial charge in [-0.3, -0.25) is 0 Å². The summed E-state index contributed by atoms with van der Waals surface area (Å²) in [6.07, 6.45) is 0. The lowest BCUT2D eigenvalue weighted by atomic mass is 10.3. The first-order valence-electron chi connectivity index (χ1n) is 4.99. The van der Waals surface area contributed by atoms with E-state index in [1.807, 2.05) is 5.43 Å². The molecule has 2 rings (SSSR count). The van der Waals surface area contributed by atoms with Crippen LogP contribution in [-0.2, 0) is 4.74 Å².